The number of rotatable bonds is 5. The van der Waals surface area contributed by atoms with E-state index in [0.29, 0.717) is 8.58 Å². The number of hydrogen-bond donors (Lipinski definition) is 0. The second-order valence-electron chi connectivity index (χ2n) is 3.92. The quantitative estimate of drug-likeness (QED) is 0.317. The van der Waals surface area contributed by atoms with Gasteiger partial charge in [0.1, 0.15) is 0 Å². The lowest BCUT2D eigenvalue weighted by atomic mass is 10.0. The van der Waals surface area contributed by atoms with Crippen LogP contribution < -0.4 is 0 Å². The highest BCUT2D eigenvalue weighted by Gasteiger charge is 2.28. The molecule has 0 aromatic rings. The molecule has 1 rings (SSSR count). The summed E-state index contributed by atoms with van der Waals surface area (Å²) >= 11 is 0. The molecular formula is C11H17N2O3P. The first-order valence-electron chi connectivity index (χ1n) is 5.29. The molecule has 1 heterocycles. The molecule has 0 saturated heterocycles. The van der Waals surface area contributed by atoms with Crippen LogP contribution >= 0.6 is 8.58 Å². The van der Waals surface area contributed by atoms with Crippen LogP contribution in [0.1, 0.15) is 6.42 Å². The Bertz CT molecular complexity index is 364. The van der Waals surface area contributed by atoms with Crippen molar-refractivity contribution in [2.75, 3.05) is 27.4 Å². The van der Waals surface area contributed by atoms with E-state index >= 15 is 0 Å². The Morgan fingerprint density at radius 3 is 2.71 bits per heavy atom. The summed E-state index contributed by atoms with van der Waals surface area (Å²) in [7, 11) is 5.53. The number of aliphatic imine (C=N–C) groups is 1. The van der Waals surface area contributed by atoms with Gasteiger partial charge in [-0.3, -0.25) is 9.59 Å². The zero-order valence-electron chi connectivity index (χ0n) is 10.3. The molecule has 6 heteroatoms. The Labute approximate surface area is 103 Å². The second-order valence-corrected chi connectivity index (χ2v) is 5.26. The average molecular weight is 256 g/mol. The van der Waals surface area contributed by atoms with Crippen molar-refractivity contribution in [3.8, 4) is 0 Å². The third kappa shape index (κ3) is 4.27. The minimum atomic E-state index is -0.439. The minimum Gasteiger partial charge on any atom is -0.469 e. The highest BCUT2D eigenvalue weighted by molar-refractivity contribution is 7.45. The van der Waals surface area contributed by atoms with E-state index in [1.54, 1.807) is 19.0 Å². The summed E-state index contributed by atoms with van der Waals surface area (Å²) in [5.74, 6) is -1.09. The summed E-state index contributed by atoms with van der Waals surface area (Å²) in [6.07, 6.45) is 4.53. The van der Waals surface area contributed by atoms with E-state index in [4.69, 9.17) is 0 Å². The smallest absolute Gasteiger partial charge is 0.306 e. The number of allylic oxidation sites excluding steroid dienone is 1. The number of carbonyl (C=O) groups excluding carboxylic acids is 2. The summed E-state index contributed by atoms with van der Waals surface area (Å²) in [4.78, 5) is 28.6. The molecule has 0 bridgehead atoms. The fourth-order valence-corrected chi connectivity index (χ4v) is 2.24. The summed E-state index contributed by atoms with van der Waals surface area (Å²) in [5.41, 5.74) is 0. The molecule has 0 fully saturated rings. The largest absolute Gasteiger partial charge is 0.469 e. The van der Waals surface area contributed by atoms with E-state index in [0.717, 1.165) is 11.5 Å². The summed E-state index contributed by atoms with van der Waals surface area (Å²) < 4.78 is 4.60. The molecule has 0 aromatic carbocycles. The molecule has 0 N–H and O–H groups in total. The van der Waals surface area contributed by atoms with Crippen LogP contribution in [0.25, 0.3) is 0 Å². The molecule has 0 spiro atoms. The first-order valence-corrected chi connectivity index (χ1v) is 6.50. The predicted molar refractivity (Wildman–Crippen MR) is 68.6 cm³/mol. The summed E-state index contributed by atoms with van der Waals surface area (Å²) in [6, 6.07) is 0. The van der Waals surface area contributed by atoms with Gasteiger partial charge in [0.2, 0.25) is 0 Å². The van der Waals surface area contributed by atoms with Gasteiger partial charge in [0, 0.05) is 14.1 Å². The van der Waals surface area contributed by atoms with Gasteiger partial charge < -0.3 is 9.64 Å². The number of esters is 1. The van der Waals surface area contributed by atoms with Crippen molar-refractivity contribution in [1.29, 1.82) is 0 Å². The van der Waals surface area contributed by atoms with Gasteiger partial charge >= 0.3 is 5.97 Å². The average Bonchev–Trinajstić information content (AvgIpc) is 2.22. The SMILES string of the molecule is COC(=O)CC(C(=O)N=CN(C)C)C1=CCP1. The Morgan fingerprint density at radius 1 is 1.65 bits per heavy atom. The number of amides is 1. The summed E-state index contributed by atoms with van der Waals surface area (Å²) in [6.45, 7) is 0. The van der Waals surface area contributed by atoms with E-state index in [2.05, 4.69) is 9.73 Å². The second kappa shape index (κ2) is 6.50. The number of hydrogen-bond acceptors (Lipinski definition) is 3. The lowest BCUT2D eigenvalue weighted by Crippen LogP contribution is -2.22. The topological polar surface area (TPSA) is 59.0 Å². The number of carbonyl (C=O) groups is 2. The van der Waals surface area contributed by atoms with Gasteiger partial charge in [-0.05, 0) is 11.5 Å². The molecule has 0 aromatic heterocycles. The zero-order valence-corrected chi connectivity index (χ0v) is 11.3. The van der Waals surface area contributed by atoms with E-state index < -0.39 is 5.92 Å². The third-order valence-corrected chi connectivity index (χ3v) is 3.69. The van der Waals surface area contributed by atoms with E-state index in [1.165, 1.54) is 13.4 Å². The van der Waals surface area contributed by atoms with Gasteiger partial charge in [-0.15, -0.1) is 0 Å². The van der Waals surface area contributed by atoms with E-state index in [1.807, 2.05) is 6.08 Å². The summed E-state index contributed by atoms with van der Waals surface area (Å²) in [5, 5.41) is 1.02. The first kappa shape index (κ1) is 13.8. The van der Waals surface area contributed by atoms with Gasteiger partial charge in [0.15, 0.2) is 0 Å². The molecule has 1 aliphatic rings. The van der Waals surface area contributed by atoms with Crippen LogP contribution in [0.15, 0.2) is 16.4 Å². The van der Waals surface area contributed by atoms with E-state index in [-0.39, 0.29) is 18.3 Å². The molecule has 1 aliphatic heterocycles. The highest BCUT2D eigenvalue weighted by atomic mass is 31.1. The predicted octanol–water partition coefficient (Wildman–Crippen LogP) is 0.858. The van der Waals surface area contributed by atoms with Gasteiger partial charge in [-0.2, -0.15) is 0 Å². The minimum absolute atomic E-state index is 0.0823. The standard InChI is InChI=1S/C11H17N2O3P/c1-13(2)7-12-11(15)8(6-10(14)16-3)9-4-5-17-9/h4,7-8,17H,5-6H2,1-3H3. The van der Waals surface area contributed by atoms with Gasteiger partial charge in [0.05, 0.1) is 25.8 Å². The van der Waals surface area contributed by atoms with Crippen molar-refractivity contribution in [3.05, 3.63) is 11.4 Å². The normalized spacial score (nSPS) is 17.5. The van der Waals surface area contributed by atoms with Crippen LogP contribution in [-0.2, 0) is 14.3 Å². The maximum Gasteiger partial charge on any atom is 0.306 e. The number of methoxy groups -OCH3 is 1. The molecule has 0 saturated carbocycles. The van der Waals surface area contributed by atoms with Crippen molar-refractivity contribution in [3.63, 3.8) is 0 Å². The Kier molecular flexibility index (Phi) is 5.29. The molecule has 0 aliphatic carbocycles. The van der Waals surface area contributed by atoms with Gasteiger partial charge in [-0.1, -0.05) is 14.7 Å². The van der Waals surface area contributed by atoms with Crippen LogP contribution in [0.5, 0.6) is 0 Å². The Morgan fingerprint density at radius 2 is 2.29 bits per heavy atom. The fourth-order valence-electron chi connectivity index (χ4n) is 1.33. The molecule has 2 atom stereocenters. The lowest BCUT2D eigenvalue weighted by molar-refractivity contribution is -0.143. The van der Waals surface area contributed by atoms with Crippen molar-refractivity contribution >= 4 is 26.8 Å². The maximum absolute atomic E-state index is 11.9. The zero-order chi connectivity index (χ0) is 12.8. The molecule has 0 radical (unpaired) electrons. The van der Waals surface area contributed by atoms with Crippen molar-refractivity contribution < 1.29 is 14.3 Å². The van der Waals surface area contributed by atoms with Crippen molar-refractivity contribution in [1.82, 2.24) is 4.90 Å². The third-order valence-electron chi connectivity index (χ3n) is 2.32. The van der Waals surface area contributed by atoms with Crippen LogP contribution in [0, 0.1) is 5.92 Å². The lowest BCUT2D eigenvalue weighted by Gasteiger charge is -2.21. The maximum atomic E-state index is 11.9. The molecule has 5 nitrogen and oxygen atoms in total. The van der Waals surface area contributed by atoms with Crippen molar-refractivity contribution in [2.24, 2.45) is 10.9 Å². The Balaban J connectivity index is 2.69. The molecule has 17 heavy (non-hydrogen) atoms. The highest BCUT2D eigenvalue weighted by Crippen LogP contribution is 2.41. The monoisotopic (exact) mass is 256 g/mol. The van der Waals surface area contributed by atoms with Gasteiger partial charge in [-0.25, -0.2) is 4.99 Å². The Hall–Kier alpha value is -1.22. The van der Waals surface area contributed by atoms with Crippen molar-refractivity contribution in [2.45, 2.75) is 6.42 Å². The van der Waals surface area contributed by atoms with Crippen LogP contribution in [-0.4, -0.2) is 50.5 Å². The molecular weight excluding hydrogens is 239 g/mol. The molecule has 1 amide bonds. The van der Waals surface area contributed by atoms with Crippen LogP contribution in [0.4, 0.5) is 0 Å². The van der Waals surface area contributed by atoms with Crippen LogP contribution in [0.2, 0.25) is 0 Å². The molecule has 94 valence electrons. The van der Waals surface area contributed by atoms with Gasteiger partial charge in [0.25, 0.3) is 5.91 Å². The molecule has 2 unspecified atom stereocenters. The first-order chi connectivity index (χ1) is 8.04. The fraction of sp³-hybridized carbons (Fsp3) is 0.545. The van der Waals surface area contributed by atoms with E-state index in [9.17, 15) is 9.59 Å². The van der Waals surface area contributed by atoms with Crippen LogP contribution in [0.3, 0.4) is 0 Å². The number of nitrogens with zero attached hydrogens (tertiary/aromatic N) is 2. The number of ether oxygens (including phenoxy) is 1.